The van der Waals surface area contributed by atoms with E-state index in [2.05, 4.69) is 11.4 Å². The molecule has 1 aliphatic carbocycles. The summed E-state index contributed by atoms with van der Waals surface area (Å²) in [6.07, 6.45) is 5.58. The highest BCUT2D eigenvalue weighted by molar-refractivity contribution is 5.73. The van der Waals surface area contributed by atoms with Gasteiger partial charge in [-0.25, -0.2) is 4.39 Å². The maximum Gasteiger partial charge on any atom is 0.123 e. The van der Waals surface area contributed by atoms with Gasteiger partial charge in [0, 0.05) is 5.69 Å². The minimum Gasteiger partial charge on any atom is -0.497 e. The highest BCUT2D eigenvalue weighted by atomic mass is 19.1. The quantitative estimate of drug-likeness (QED) is 0.868. The second kappa shape index (κ2) is 6.65. The fourth-order valence-electron chi connectivity index (χ4n) is 2.88. The monoisotopic (exact) mass is 297 g/mol. The Hall–Kier alpha value is -2.29. The van der Waals surface area contributed by atoms with Gasteiger partial charge in [0.2, 0.25) is 0 Å². The molecule has 1 N–H and O–H groups in total. The summed E-state index contributed by atoms with van der Waals surface area (Å²) in [5, 5.41) is 3.58. The van der Waals surface area contributed by atoms with Crippen LogP contribution in [-0.2, 0) is 0 Å². The number of hydrogen-bond donors (Lipinski definition) is 1. The van der Waals surface area contributed by atoms with E-state index in [1.165, 1.54) is 24.1 Å². The van der Waals surface area contributed by atoms with Gasteiger partial charge in [0.05, 0.1) is 13.2 Å². The van der Waals surface area contributed by atoms with E-state index >= 15 is 0 Å². The van der Waals surface area contributed by atoms with E-state index in [-0.39, 0.29) is 11.9 Å². The first-order valence-electron chi connectivity index (χ1n) is 7.63. The van der Waals surface area contributed by atoms with Gasteiger partial charge in [0.1, 0.15) is 11.6 Å². The molecule has 2 nitrogen and oxygen atoms in total. The van der Waals surface area contributed by atoms with Crippen molar-refractivity contribution in [3.8, 4) is 5.75 Å². The van der Waals surface area contributed by atoms with Gasteiger partial charge in [-0.3, -0.25) is 0 Å². The van der Waals surface area contributed by atoms with Crippen molar-refractivity contribution in [2.45, 2.75) is 25.3 Å². The van der Waals surface area contributed by atoms with E-state index in [9.17, 15) is 4.39 Å². The summed E-state index contributed by atoms with van der Waals surface area (Å²) in [5.41, 5.74) is 3.41. The summed E-state index contributed by atoms with van der Waals surface area (Å²) in [7, 11) is 1.67. The smallest absolute Gasteiger partial charge is 0.123 e. The van der Waals surface area contributed by atoms with Crippen LogP contribution in [0, 0.1) is 5.82 Å². The Labute approximate surface area is 130 Å². The summed E-state index contributed by atoms with van der Waals surface area (Å²) in [4.78, 5) is 0. The van der Waals surface area contributed by atoms with Crippen LogP contribution in [0.25, 0.3) is 5.57 Å². The van der Waals surface area contributed by atoms with Gasteiger partial charge in [-0.15, -0.1) is 0 Å². The largest absolute Gasteiger partial charge is 0.497 e. The third kappa shape index (κ3) is 3.30. The second-order valence-electron chi connectivity index (χ2n) is 5.52. The summed E-state index contributed by atoms with van der Waals surface area (Å²) < 4.78 is 18.3. The van der Waals surface area contributed by atoms with Crippen LogP contribution < -0.4 is 10.1 Å². The molecule has 1 atom stereocenters. The van der Waals surface area contributed by atoms with Crippen LogP contribution in [0.15, 0.2) is 54.6 Å². The highest BCUT2D eigenvalue weighted by Gasteiger charge is 2.19. The lowest BCUT2D eigenvalue weighted by Crippen LogP contribution is -2.23. The van der Waals surface area contributed by atoms with Gasteiger partial charge < -0.3 is 10.1 Å². The lowest BCUT2D eigenvalue weighted by molar-refractivity contribution is 0.415. The van der Waals surface area contributed by atoms with Crippen molar-refractivity contribution < 1.29 is 9.13 Å². The SMILES string of the molecule is COc1ccc(N[C@H]2CCCC=C2c2ccc(F)cc2)cc1. The maximum absolute atomic E-state index is 13.1. The molecule has 0 radical (unpaired) electrons. The zero-order chi connectivity index (χ0) is 15.4. The topological polar surface area (TPSA) is 21.3 Å². The summed E-state index contributed by atoms with van der Waals surface area (Å²) in [6.45, 7) is 0. The van der Waals surface area contributed by atoms with Gasteiger partial charge in [-0.1, -0.05) is 18.2 Å². The van der Waals surface area contributed by atoms with Crippen LogP contribution in [0.1, 0.15) is 24.8 Å². The summed E-state index contributed by atoms with van der Waals surface area (Å²) in [6, 6.07) is 15.0. The first kappa shape index (κ1) is 14.6. The molecule has 2 aromatic carbocycles. The molecule has 0 amide bonds. The Kier molecular flexibility index (Phi) is 4.42. The standard InChI is InChI=1S/C19H20FNO/c1-22-17-12-10-16(11-13-17)21-19-5-3-2-4-18(19)14-6-8-15(20)9-7-14/h4,6-13,19,21H,2-3,5H2,1H3/t19-/m0/s1. The number of rotatable bonds is 4. The zero-order valence-corrected chi connectivity index (χ0v) is 12.7. The molecule has 0 fully saturated rings. The van der Waals surface area contributed by atoms with E-state index < -0.39 is 0 Å². The Bertz CT molecular complexity index is 646. The van der Waals surface area contributed by atoms with Crippen molar-refractivity contribution in [3.63, 3.8) is 0 Å². The number of allylic oxidation sites excluding steroid dienone is 1. The molecule has 0 bridgehead atoms. The number of anilines is 1. The Morgan fingerprint density at radius 1 is 1.05 bits per heavy atom. The lowest BCUT2D eigenvalue weighted by atomic mass is 9.89. The number of hydrogen-bond acceptors (Lipinski definition) is 2. The van der Waals surface area contributed by atoms with E-state index in [0.29, 0.717) is 0 Å². The molecule has 114 valence electrons. The average molecular weight is 297 g/mol. The minimum atomic E-state index is -0.195. The fourth-order valence-corrected chi connectivity index (χ4v) is 2.88. The molecule has 0 unspecified atom stereocenters. The molecule has 0 saturated heterocycles. The minimum absolute atomic E-state index is 0.195. The Morgan fingerprint density at radius 2 is 1.77 bits per heavy atom. The van der Waals surface area contributed by atoms with Crippen LogP contribution >= 0.6 is 0 Å². The Balaban J connectivity index is 1.79. The van der Waals surface area contributed by atoms with Crippen molar-refractivity contribution in [3.05, 3.63) is 66.0 Å². The molecule has 3 heteroatoms. The molecule has 0 heterocycles. The first-order valence-corrected chi connectivity index (χ1v) is 7.63. The van der Waals surface area contributed by atoms with Crippen LogP contribution in [0.5, 0.6) is 5.75 Å². The van der Waals surface area contributed by atoms with Crippen molar-refractivity contribution in [1.82, 2.24) is 0 Å². The van der Waals surface area contributed by atoms with Gasteiger partial charge in [0.25, 0.3) is 0 Å². The third-order valence-electron chi connectivity index (χ3n) is 4.05. The third-order valence-corrected chi connectivity index (χ3v) is 4.05. The molecular formula is C19H20FNO. The lowest BCUT2D eigenvalue weighted by Gasteiger charge is -2.27. The zero-order valence-electron chi connectivity index (χ0n) is 12.7. The van der Waals surface area contributed by atoms with Crippen molar-refractivity contribution in [2.24, 2.45) is 0 Å². The van der Waals surface area contributed by atoms with Gasteiger partial charge >= 0.3 is 0 Å². The van der Waals surface area contributed by atoms with Gasteiger partial charge in [-0.05, 0) is 66.8 Å². The molecule has 2 aromatic rings. The van der Waals surface area contributed by atoms with Crippen LogP contribution in [0.4, 0.5) is 10.1 Å². The van der Waals surface area contributed by atoms with E-state index in [1.807, 2.05) is 36.4 Å². The number of nitrogens with one attached hydrogen (secondary N) is 1. The van der Waals surface area contributed by atoms with Crippen molar-refractivity contribution in [2.75, 3.05) is 12.4 Å². The summed E-state index contributed by atoms with van der Waals surface area (Å²) >= 11 is 0. The normalized spacial score (nSPS) is 17.7. The van der Waals surface area contributed by atoms with E-state index in [1.54, 1.807) is 7.11 Å². The molecule has 0 aromatic heterocycles. The van der Waals surface area contributed by atoms with Crippen molar-refractivity contribution >= 4 is 11.3 Å². The van der Waals surface area contributed by atoms with Crippen molar-refractivity contribution in [1.29, 1.82) is 0 Å². The number of halogens is 1. The number of methoxy groups -OCH3 is 1. The number of benzene rings is 2. The molecule has 1 aliphatic rings. The molecule has 0 aliphatic heterocycles. The van der Waals surface area contributed by atoms with Crippen LogP contribution in [0.2, 0.25) is 0 Å². The molecule has 22 heavy (non-hydrogen) atoms. The van der Waals surface area contributed by atoms with Crippen LogP contribution in [0.3, 0.4) is 0 Å². The number of ether oxygens (including phenoxy) is 1. The molecule has 0 saturated carbocycles. The fraction of sp³-hybridized carbons (Fsp3) is 0.263. The molecule has 3 rings (SSSR count). The molecular weight excluding hydrogens is 277 g/mol. The predicted molar refractivity (Wildman–Crippen MR) is 88.6 cm³/mol. The average Bonchev–Trinajstić information content (AvgIpc) is 2.57. The van der Waals surface area contributed by atoms with Gasteiger partial charge in [-0.2, -0.15) is 0 Å². The Morgan fingerprint density at radius 3 is 2.45 bits per heavy atom. The summed E-state index contributed by atoms with van der Waals surface area (Å²) in [5.74, 6) is 0.656. The van der Waals surface area contributed by atoms with Gasteiger partial charge in [0.15, 0.2) is 0 Å². The maximum atomic E-state index is 13.1. The highest BCUT2D eigenvalue weighted by Crippen LogP contribution is 2.30. The predicted octanol–water partition coefficient (Wildman–Crippen LogP) is 4.88. The van der Waals surface area contributed by atoms with E-state index in [4.69, 9.17) is 4.74 Å². The molecule has 0 spiro atoms. The second-order valence-corrected chi connectivity index (χ2v) is 5.52. The van der Waals surface area contributed by atoms with Crippen LogP contribution in [-0.4, -0.2) is 13.2 Å². The first-order chi connectivity index (χ1) is 10.8. The van der Waals surface area contributed by atoms with E-state index in [0.717, 1.165) is 29.8 Å².